The lowest BCUT2D eigenvalue weighted by molar-refractivity contribution is -0.132. The minimum Gasteiger partial charge on any atom is -0.495 e. The summed E-state index contributed by atoms with van der Waals surface area (Å²) < 4.78 is 20.2. The predicted octanol–water partition coefficient (Wildman–Crippen LogP) is 5.27. The molecule has 0 spiro atoms. The SMILES string of the molecule is C=CC(=O)N1CC2CC(C1)C2Nc1cc2c(Nc3ccc(Cl)c(Cl)c3F)ncnc2cc1OC. The van der Waals surface area contributed by atoms with Gasteiger partial charge in [-0.05, 0) is 42.5 Å². The summed E-state index contributed by atoms with van der Waals surface area (Å²) in [5.41, 5.74) is 1.57. The number of nitrogens with one attached hydrogen (secondary N) is 2. The zero-order valence-electron chi connectivity index (χ0n) is 18.3. The van der Waals surface area contributed by atoms with Crippen LogP contribution < -0.4 is 15.4 Å². The van der Waals surface area contributed by atoms with Crippen LogP contribution in [0, 0.1) is 17.7 Å². The molecule has 176 valence electrons. The highest BCUT2D eigenvalue weighted by Crippen LogP contribution is 2.44. The molecule has 2 saturated heterocycles. The highest BCUT2D eigenvalue weighted by molar-refractivity contribution is 6.42. The van der Waals surface area contributed by atoms with E-state index in [-0.39, 0.29) is 27.7 Å². The third kappa shape index (κ3) is 3.91. The third-order valence-corrected chi connectivity index (χ3v) is 7.37. The van der Waals surface area contributed by atoms with Crippen molar-refractivity contribution in [3.8, 4) is 5.75 Å². The second-order valence-electron chi connectivity index (χ2n) is 8.51. The van der Waals surface area contributed by atoms with E-state index in [4.69, 9.17) is 27.9 Å². The van der Waals surface area contributed by atoms with E-state index in [1.54, 1.807) is 7.11 Å². The van der Waals surface area contributed by atoms with Gasteiger partial charge in [-0.15, -0.1) is 0 Å². The molecule has 1 saturated carbocycles. The van der Waals surface area contributed by atoms with Gasteiger partial charge in [0.1, 0.15) is 17.9 Å². The summed E-state index contributed by atoms with van der Waals surface area (Å²) in [5.74, 6) is 1.06. The molecule has 3 heterocycles. The van der Waals surface area contributed by atoms with Crippen LogP contribution in [0.3, 0.4) is 0 Å². The summed E-state index contributed by atoms with van der Waals surface area (Å²) in [5, 5.41) is 7.27. The molecule has 3 aliphatic rings. The lowest BCUT2D eigenvalue weighted by Gasteiger charge is -2.53. The van der Waals surface area contributed by atoms with Crippen LogP contribution in [0.5, 0.6) is 5.75 Å². The molecule has 6 rings (SSSR count). The highest BCUT2D eigenvalue weighted by Gasteiger charge is 2.47. The van der Waals surface area contributed by atoms with Gasteiger partial charge in [0.05, 0.1) is 34.0 Å². The van der Waals surface area contributed by atoms with Crippen molar-refractivity contribution < 1.29 is 13.9 Å². The number of methoxy groups -OCH3 is 1. The molecule has 0 radical (unpaired) electrons. The summed E-state index contributed by atoms with van der Waals surface area (Å²) in [4.78, 5) is 22.5. The number of aromatic nitrogens is 2. The van der Waals surface area contributed by atoms with E-state index in [1.165, 1.54) is 24.5 Å². The van der Waals surface area contributed by atoms with Crippen LogP contribution in [0.25, 0.3) is 10.9 Å². The topological polar surface area (TPSA) is 79.4 Å². The highest BCUT2D eigenvalue weighted by atomic mass is 35.5. The number of benzene rings is 2. The summed E-state index contributed by atoms with van der Waals surface area (Å²) in [6.45, 7) is 4.98. The molecule has 3 fully saturated rings. The fourth-order valence-electron chi connectivity index (χ4n) is 4.83. The largest absolute Gasteiger partial charge is 0.495 e. The fourth-order valence-corrected chi connectivity index (χ4v) is 5.14. The van der Waals surface area contributed by atoms with Gasteiger partial charge in [0.25, 0.3) is 0 Å². The van der Waals surface area contributed by atoms with Crippen molar-refractivity contribution in [2.24, 2.45) is 11.8 Å². The average molecular weight is 502 g/mol. The van der Waals surface area contributed by atoms with Gasteiger partial charge in [0.2, 0.25) is 5.91 Å². The first-order valence-electron chi connectivity index (χ1n) is 10.8. The van der Waals surface area contributed by atoms with E-state index < -0.39 is 5.82 Å². The molecule has 2 aliphatic heterocycles. The molecular weight excluding hydrogens is 480 g/mol. The smallest absolute Gasteiger partial charge is 0.245 e. The molecular formula is C24H22Cl2FN5O2. The number of rotatable bonds is 6. The number of ether oxygens (including phenoxy) is 1. The number of piperidine rings is 2. The Labute approximate surface area is 205 Å². The molecule has 1 aliphatic carbocycles. The Morgan fingerprint density at radius 1 is 1.24 bits per heavy atom. The van der Waals surface area contributed by atoms with Crippen molar-refractivity contribution >= 4 is 57.2 Å². The van der Waals surface area contributed by atoms with Gasteiger partial charge in [0, 0.05) is 30.6 Å². The molecule has 10 heteroatoms. The van der Waals surface area contributed by atoms with Gasteiger partial charge in [-0.3, -0.25) is 4.79 Å². The Morgan fingerprint density at radius 3 is 2.71 bits per heavy atom. The van der Waals surface area contributed by atoms with Crippen molar-refractivity contribution in [3.63, 3.8) is 0 Å². The second-order valence-corrected chi connectivity index (χ2v) is 9.30. The first-order chi connectivity index (χ1) is 16.4. The number of nitrogens with zero attached hydrogens (tertiary/aromatic N) is 3. The fraction of sp³-hybridized carbons (Fsp3) is 0.292. The normalized spacial score (nSPS) is 21.1. The minimum absolute atomic E-state index is 0.0289. The number of anilines is 3. The molecule has 2 aromatic carbocycles. The number of carbonyl (C=O) groups excluding carboxylic acids is 1. The summed E-state index contributed by atoms with van der Waals surface area (Å²) >= 11 is 11.9. The van der Waals surface area contributed by atoms with Crippen molar-refractivity contribution in [1.82, 2.24) is 14.9 Å². The zero-order chi connectivity index (χ0) is 24.0. The minimum atomic E-state index is -0.659. The van der Waals surface area contributed by atoms with Crippen molar-refractivity contribution in [2.75, 3.05) is 30.8 Å². The van der Waals surface area contributed by atoms with Gasteiger partial charge >= 0.3 is 0 Å². The van der Waals surface area contributed by atoms with E-state index >= 15 is 0 Å². The maximum atomic E-state index is 14.6. The Bertz CT molecular complexity index is 1290. The van der Waals surface area contributed by atoms with Gasteiger partial charge in [-0.25, -0.2) is 14.4 Å². The van der Waals surface area contributed by atoms with Crippen LogP contribution in [0.4, 0.5) is 21.6 Å². The number of carbonyl (C=O) groups is 1. The monoisotopic (exact) mass is 501 g/mol. The maximum absolute atomic E-state index is 14.6. The third-order valence-electron chi connectivity index (χ3n) is 6.58. The van der Waals surface area contributed by atoms with Crippen LogP contribution in [0.15, 0.2) is 43.2 Å². The standard InChI is InChI=1S/C24H22Cl2FN5O2/c1-3-20(33)32-9-12-6-13(10-32)23(12)30-18-7-14-17(8-19(18)34-2)28-11-29-24(14)31-16-5-4-15(25)21(26)22(16)27/h3-5,7-8,11-13,23,30H,1,6,9-10H2,2H3,(H,28,29,31). The van der Waals surface area contributed by atoms with Crippen molar-refractivity contribution in [2.45, 2.75) is 12.5 Å². The molecule has 3 aromatic rings. The quantitative estimate of drug-likeness (QED) is 0.353. The molecule has 34 heavy (non-hydrogen) atoms. The average Bonchev–Trinajstić information content (AvgIpc) is 2.86. The summed E-state index contributed by atoms with van der Waals surface area (Å²) in [6, 6.07) is 6.95. The first-order valence-corrected chi connectivity index (χ1v) is 11.6. The lowest BCUT2D eigenvalue weighted by Crippen LogP contribution is -2.62. The van der Waals surface area contributed by atoms with E-state index in [0.717, 1.165) is 12.1 Å². The van der Waals surface area contributed by atoms with Crippen LogP contribution in [0.2, 0.25) is 10.0 Å². The van der Waals surface area contributed by atoms with Crippen LogP contribution in [-0.4, -0.2) is 47.0 Å². The first kappa shape index (κ1) is 22.7. The predicted molar refractivity (Wildman–Crippen MR) is 132 cm³/mol. The van der Waals surface area contributed by atoms with Crippen molar-refractivity contribution in [3.05, 3.63) is 59.1 Å². The van der Waals surface area contributed by atoms with Gasteiger partial charge in [-0.1, -0.05) is 29.8 Å². The second kappa shape index (κ2) is 8.92. The Kier molecular flexibility index (Phi) is 5.95. The summed E-state index contributed by atoms with van der Waals surface area (Å²) in [7, 11) is 1.60. The lowest BCUT2D eigenvalue weighted by atomic mass is 9.66. The van der Waals surface area contributed by atoms with Gasteiger partial charge in [0.15, 0.2) is 5.82 Å². The number of amides is 1. The van der Waals surface area contributed by atoms with E-state index in [1.807, 2.05) is 17.0 Å². The van der Waals surface area contributed by atoms with Crippen LogP contribution in [0.1, 0.15) is 6.42 Å². The van der Waals surface area contributed by atoms with Crippen LogP contribution in [-0.2, 0) is 4.79 Å². The Balaban J connectivity index is 1.45. The summed E-state index contributed by atoms with van der Waals surface area (Å²) in [6.07, 6.45) is 3.83. The number of fused-ring (bicyclic) bond motifs is 3. The van der Waals surface area contributed by atoms with Crippen LogP contribution >= 0.6 is 23.2 Å². The maximum Gasteiger partial charge on any atom is 0.245 e. The molecule has 1 amide bonds. The molecule has 7 nitrogen and oxygen atoms in total. The van der Waals surface area contributed by atoms with Crippen molar-refractivity contribution in [1.29, 1.82) is 0 Å². The molecule has 2 bridgehead atoms. The van der Waals surface area contributed by atoms with E-state index in [2.05, 4.69) is 27.2 Å². The molecule has 2 atom stereocenters. The van der Waals surface area contributed by atoms with Gasteiger partial charge in [-0.2, -0.15) is 0 Å². The van der Waals surface area contributed by atoms with Gasteiger partial charge < -0.3 is 20.3 Å². The van der Waals surface area contributed by atoms with E-state index in [9.17, 15) is 9.18 Å². The Morgan fingerprint density at radius 2 is 2.00 bits per heavy atom. The number of hydrogen-bond donors (Lipinski definition) is 2. The van der Waals surface area contributed by atoms with E-state index in [0.29, 0.717) is 47.4 Å². The molecule has 2 unspecified atom stereocenters. The molecule has 2 N–H and O–H groups in total. The zero-order valence-corrected chi connectivity index (χ0v) is 19.8. The number of halogens is 3. The Hall–Kier alpha value is -3.10. The molecule has 1 aromatic heterocycles. The number of hydrogen-bond acceptors (Lipinski definition) is 6.